The first-order valence-corrected chi connectivity index (χ1v) is 9.04. The molecular formula is C23H30. The lowest BCUT2D eigenvalue weighted by atomic mass is 9.71. The Morgan fingerprint density at radius 2 is 1.43 bits per heavy atom. The van der Waals surface area contributed by atoms with Crippen molar-refractivity contribution in [3.05, 3.63) is 58.7 Å². The van der Waals surface area contributed by atoms with Gasteiger partial charge in [-0.2, -0.15) is 0 Å². The highest BCUT2D eigenvalue weighted by Crippen LogP contribution is 2.43. The molecule has 3 rings (SSSR count). The molecule has 0 saturated heterocycles. The van der Waals surface area contributed by atoms with Gasteiger partial charge in [0.2, 0.25) is 0 Å². The van der Waals surface area contributed by atoms with E-state index in [2.05, 4.69) is 71.0 Å². The van der Waals surface area contributed by atoms with Crippen LogP contribution in [0.2, 0.25) is 0 Å². The Kier molecular flexibility index (Phi) is 4.36. The van der Waals surface area contributed by atoms with Gasteiger partial charge in [-0.25, -0.2) is 0 Å². The van der Waals surface area contributed by atoms with Crippen LogP contribution in [0.5, 0.6) is 0 Å². The predicted molar refractivity (Wildman–Crippen MR) is 101 cm³/mol. The zero-order valence-corrected chi connectivity index (χ0v) is 15.4. The van der Waals surface area contributed by atoms with Gasteiger partial charge in [0.25, 0.3) is 0 Å². The normalized spacial score (nSPS) is 18.1. The van der Waals surface area contributed by atoms with E-state index >= 15 is 0 Å². The van der Waals surface area contributed by atoms with Crippen LogP contribution in [-0.2, 0) is 0 Å². The molecule has 0 amide bonds. The number of hydrogen-bond donors (Lipinski definition) is 0. The Morgan fingerprint density at radius 3 is 2.04 bits per heavy atom. The first-order chi connectivity index (χ1) is 10.9. The summed E-state index contributed by atoms with van der Waals surface area (Å²) in [7, 11) is 0. The Balaban J connectivity index is 1.97. The van der Waals surface area contributed by atoms with Crippen LogP contribution in [0.4, 0.5) is 0 Å². The molecule has 1 fully saturated rings. The summed E-state index contributed by atoms with van der Waals surface area (Å²) >= 11 is 0. The van der Waals surface area contributed by atoms with Gasteiger partial charge in [0.05, 0.1) is 0 Å². The van der Waals surface area contributed by atoms with Gasteiger partial charge >= 0.3 is 0 Å². The summed E-state index contributed by atoms with van der Waals surface area (Å²) in [4.78, 5) is 0. The lowest BCUT2D eigenvalue weighted by Crippen LogP contribution is -2.20. The van der Waals surface area contributed by atoms with Crippen LogP contribution in [0.1, 0.15) is 67.7 Å². The number of rotatable bonds is 2. The second kappa shape index (κ2) is 6.15. The minimum Gasteiger partial charge on any atom is -0.0617 e. The topological polar surface area (TPSA) is 0 Å². The van der Waals surface area contributed by atoms with Crippen molar-refractivity contribution in [2.75, 3.05) is 0 Å². The fourth-order valence-corrected chi connectivity index (χ4v) is 4.13. The molecule has 0 atom stereocenters. The first-order valence-electron chi connectivity index (χ1n) is 9.04. The van der Waals surface area contributed by atoms with Gasteiger partial charge in [-0.15, -0.1) is 0 Å². The largest absolute Gasteiger partial charge is 0.0617 e. The van der Waals surface area contributed by atoms with E-state index < -0.39 is 0 Å². The molecule has 0 nitrogen and oxygen atoms in total. The summed E-state index contributed by atoms with van der Waals surface area (Å²) in [5.41, 5.74) is 9.11. The number of hydrogen-bond acceptors (Lipinski definition) is 0. The zero-order chi connectivity index (χ0) is 16.6. The minimum absolute atomic E-state index is 0.538. The van der Waals surface area contributed by atoms with E-state index in [1.165, 1.54) is 53.5 Å². The van der Waals surface area contributed by atoms with Gasteiger partial charge < -0.3 is 0 Å². The lowest BCUT2D eigenvalue weighted by molar-refractivity contribution is 0.224. The van der Waals surface area contributed by atoms with E-state index in [1.54, 1.807) is 5.56 Å². The Labute approximate surface area is 141 Å². The maximum Gasteiger partial charge on any atom is -0.0123 e. The summed E-state index contributed by atoms with van der Waals surface area (Å²) in [5, 5.41) is 0. The summed E-state index contributed by atoms with van der Waals surface area (Å²) in [6.07, 6.45) is 5.37. The highest BCUT2D eigenvalue weighted by Gasteiger charge is 2.27. The standard InChI is InChI=1S/C23H30/c1-16-9-10-20(19-11-13-23(4,5)14-12-19)15-21(16)22-17(2)7-6-8-18(22)3/h6-10,15,19H,11-14H2,1-5H3. The Morgan fingerprint density at radius 1 is 0.826 bits per heavy atom. The maximum absolute atomic E-state index is 2.48. The van der Waals surface area contributed by atoms with E-state index in [1.807, 2.05) is 0 Å². The lowest BCUT2D eigenvalue weighted by Gasteiger charge is -2.34. The van der Waals surface area contributed by atoms with Crippen LogP contribution in [0.3, 0.4) is 0 Å². The van der Waals surface area contributed by atoms with E-state index in [0.717, 1.165) is 5.92 Å². The molecule has 23 heavy (non-hydrogen) atoms. The Bertz CT molecular complexity index is 676. The second-order valence-electron chi connectivity index (χ2n) is 8.28. The highest BCUT2D eigenvalue weighted by atomic mass is 14.3. The molecule has 2 aromatic rings. The van der Waals surface area contributed by atoms with Crippen molar-refractivity contribution in [3.8, 4) is 11.1 Å². The second-order valence-corrected chi connectivity index (χ2v) is 8.28. The first kappa shape index (κ1) is 16.3. The van der Waals surface area contributed by atoms with Crippen LogP contribution in [0.15, 0.2) is 36.4 Å². The van der Waals surface area contributed by atoms with E-state index in [9.17, 15) is 0 Å². The van der Waals surface area contributed by atoms with Gasteiger partial charge in [0, 0.05) is 0 Å². The van der Waals surface area contributed by atoms with Crippen molar-refractivity contribution in [2.45, 2.75) is 66.2 Å². The van der Waals surface area contributed by atoms with Crippen LogP contribution in [0, 0.1) is 26.2 Å². The fourth-order valence-electron chi connectivity index (χ4n) is 4.13. The molecule has 1 aliphatic rings. The van der Waals surface area contributed by atoms with E-state index in [4.69, 9.17) is 0 Å². The molecule has 0 aliphatic heterocycles. The minimum atomic E-state index is 0.538. The summed E-state index contributed by atoms with van der Waals surface area (Å²) in [5.74, 6) is 0.742. The quantitative estimate of drug-likeness (QED) is 0.562. The average Bonchev–Trinajstić information content (AvgIpc) is 2.49. The van der Waals surface area contributed by atoms with Crippen LogP contribution >= 0.6 is 0 Å². The van der Waals surface area contributed by atoms with E-state index in [0.29, 0.717) is 5.41 Å². The molecule has 2 aromatic carbocycles. The van der Waals surface area contributed by atoms with Crippen molar-refractivity contribution in [1.29, 1.82) is 0 Å². The van der Waals surface area contributed by atoms with Crippen molar-refractivity contribution in [1.82, 2.24) is 0 Å². The number of benzene rings is 2. The molecule has 0 radical (unpaired) electrons. The predicted octanol–water partition coefficient (Wildman–Crippen LogP) is 6.96. The third kappa shape index (κ3) is 3.37. The molecule has 1 saturated carbocycles. The fraction of sp³-hybridized carbons (Fsp3) is 0.478. The third-order valence-electron chi connectivity index (χ3n) is 5.82. The highest BCUT2D eigenvalue weighted by molar-refractivity contribution is 5.74. The van der Waals surface area contributed by atoms with Crippen LogP contribution in [0.25, 0.3) is 11.1 Å². The van der Waals surface area contributed by atoms with Gasteiger partial charge in [0.15, 0.2) is 0 Å². The van der Waals surface area contributed by atoms with Gasteiger partial charge in [-0.3, -0.25) is 0 Å². The van der Waals surface area contributed by atoms with Crippen LogP contribution < -0.4 is 0 Å². The van der Waals surface area contributed by atoms with Crippen molar-refractivity contribution < 1.29 is 0 Å². The molecule has 1 aliphatic carbocycles. The molecule has 0 heteroatoms. The Hall–Kier alpha value is -1.56. The molecule has 0 aromatic heterocycles. The van der Waals surface area contributed by atoms with Crippen molar-refractivity contribution in [2.24, 2.45) is 5.41 Å². The summed E-state index contributed by atoms with van der Waals surface area (Å²) in [6, 6.07) is 13.8. The van der Waals surface area contributed by atoms with Crippen molar-refractivity contribution >= 4 is 0 Å². The molecule has 122 valence electrons. The maximum atomic E-state index is 2.48. The monoisotopic (exact) mass is 306 g/mol. The van der Waals surface area contributed by atoms with E-state index in [-0.39, 0.29) is 0 Å². The molecule has 0 spiro atoms. The molecule has 0 N–H and O–H groups in total. The summed E-state index contributed by atoms with van der Waals surface area (Å²) in [6.45, 7) is 11.5. The summed E-state index contributed by atoms with van der Waals surface area (Å²) < 4.78 is 0. The smallest absolute Gasteiger partial charge is 0.0123 e. The van der Waals surface area contributed by atoms with Crippen molar-refractivity contribution in [3.63, 3.8) is 0 Å². The molecule has 0 unspecified atom stereocenters. The van der Waals surface area contributed by atoms with Crippen LogP contribution in [-0.4, -0.2) is 0 Å². The molecule has 0 bridgehead atoms. The zero-order valence-electron chi connectivity index (χ0n) is 15.4. The molecule has 0 heterocycles. The average molecular weight is 306 g/mol. The van der Waals surface area contributed by atoms with Gasteiger partial charge in [-0.05, 0) is 91.2 Å². The van der Waals surface area contributed by atoms with Gasteiger partial charge in [0.1, 0.15) is 0 Å². The molecular weight excluding hydrogens is 276 g/mol. The number of aryl methyl sites for hydroxylation is 3. The third-order valence-corrected chi connectivity index (χ3v) is 5.82. The SMILES string of the molecule is Cc1ccc(C2CCC(C)(C)CC2)cc1-c1c(C)cccc1C. The van der Waals surface area contributed by atoms with Gasteiger partial charge in [-0.1, -0.05) is 50.2 Å².